The van der Waals surface area contributed by atoms with Gasteiger partial charge in [-0.15, -0.1) is 0 Å². The molecule has 0 aromatic rings. The number of carbonyl (C=O) groups is 1. The van der Waals surface area contributed by atoms with Crippen LogP contribution in [0.15, 0.2) is 0 Å². The highest BCUT2D eigenvalue weighted by Crippen LogP contribution is 2.02. The van der Waals surface area contributed by atoms with Gasteiger partial charge < -0.3 is 19.5 Å². The smallest absolute Gasteiger partial charge is 0.332 e. The largest absolute Gasteiger partial charge is 0.464 e. The molecule has 88 valence electrons. The molecule has 1 unspecified atom stereocenters. The Morgan fingerprint density at radius 3 is 3.13 bits per heavy atom. The van der Waals surface area contributed by atoms with Crippen LogP contribution in [0.3, 0.4) is 0 Å². The molecule has 5 heteroatoms. The highest BCUT2D eigenvalue weighted by molar-refractivity contribution is 5.70. The zero-order valence-corrected chi connectivity index (χ0v) is 9.16. The first-order valence-electron chi connectivity index (χ1n) is 5.37. The Morgan fingerprint density at radius 2 is 2.47 bits per heavy atom. The first-order chi connectivity index (χ1) is 7.33. The lowest BCUT2D eigenvalue weighted by Crippen LogP contribution is -2.32. The Kier molecular flexibility index (Phi) is 6.31. The maximum Gasteiger partial charge on any atom is 0.332 e. The molecule has 0 aliphatic carbocycles. The molecule has 1 N–H and O–H groups in total. The van der Waals surface area contributed by atoms with Gasteiger partial charge in [0.1, 0.15) is 6.61 Å². The molecule has 0 saturated carbocycles. The molecule has 0 amide bonds. The Balaban J connectivity index is 1.86. The molecule has 1 rings (SSSR count). The van der Waals surface area contributed by atoms with Crippen LogP contribution in [0, 0.1) is 0 Å². The third-order valence-corrected chi connectivity index (χ3v) is 2.13. The van der Waals surface area contributed by atoms with Crippen LogP contribution in [-0.2, 0) is 19.0 Å². The molecule has 5 nitrogen and oxygen atoms in total. The quantitative estimate of drug-likeness (QED) is 0.478. The highest BCUT2D eigenvalue weighted by atomic mass is 16.6. The lowest BCUT2D eigenvalue weighted by atomic mass is 10.3. The van der Waals surface area contributed by atoms with E-state index in [1.807, 2.05) is 0 Å². The summed E-state index contributed by atoms with van der Waals surface area (Å²) in [4.78, 5) is 10.9. The zero-order valence-electron chi connectivity index (χ0n) is 9.16. The molecule has 1 aliphatic heterocycles. The fourth-order valence-electron chi connectivity index (χ4n) is 1.39. The van der Waals surface area contributed by atoms with Crippen LogP contribution in [-0.4, -0.2) is 51.6 Å². The van der Waals surface area contributed by atoms with Gasteiger partial charge in [0, 0.05) is 19.2 Å². The maximum atomic E-state index is 10.9. The van der Waals surface area contributed by atoms with Crippen LogP contribution < -0.4 is 5.32 Å². The van der Waals surface area contributed by atoms with Crippen LogP contribution in [0.4, 0.5) is 0 Å². The first-order valence-corrected chi connectivity index (χ1v) is 5.37. The summed E-state index contributed by atoms with van der Waals surface area (Å²) in [6, 6.07) is 0.441. The van der Waals surface area contributed by atoms with Crippen LogP contribution in [0.1, 0.15) is 13.3 Å². The minimum Gasteiger partial charge on any atom is -0.464 e. The van der Waals surface area contributed by atoms with Crippen molar-refractivity contribution in [3.8, 4) is 0 Å². The lowest BCUT2D eigenvalue weighted by molar-refractivity contribution is -0.148. The van der Waals surface area contributed by atoms with Gasteiger partial charge in [0.05, 0.1) is 19.8 Å². The van der Waals surface area contributed by atoms with Crippen molar-refractivity contribution in [2.45, 2.75) is 19.4 Å². The van der Waals surface area contributed by atoms with E-state index >= 15 is 0 Å². The molecular weight excluding hydrogens is 198 g/mol. The summed E-state index contributed by atoms with van der Waals surface area (Å²) < 4.78 is 15.1. The van der Waals surface area contributed by atoms with E-state index in [2.05, 4.69) is 5.32 Å². The van der Waals surface area contributed by atoms with Crippen molar-refractivity contribution in [3.05, 3.63) is 0 Å². The third-order valence-electron chi connectivity index (χ3n) is 2.13. The number of carbonyl (C=O) groups excluding carboxylic acids is 1. The number of hydrogen-bond acceptors (Lipinski definition) is 5. The second kappa shape index (κ2) is 7.62. The van der Waals surface area contributed by atoms with E-state index in [-0.39, 0.29) is 12.6 Å². The predicted molar refractivity (Wildman–Crippen MR) is 54.7 cm³/mol. The van der Waals surface area contributed by atoms with Crippen molar-refractivity contribution in [2.24, 2.45) is 0 Å². The van der Waals surface area contributed by atoms with Gasteiger partial charge in [-0.3, -0.25) is 0 Å². The molecule has 1 fully saturated rings. The molecule has 1 heterocycles. The zero-order chi connectivity index (χ0) is 10.9. The fraction of sp³-hybridized carbons (Fsp3) is 0.900. The molecule has 0 bridgehead atoms. The van der Waals surface area contributed by atoms with Crippen LogP contribution in [0.2, 0.25) is 0 Å². The standard InChI is InChI=1S/C10H19NO4/c1-2-15-10(12)8-14-6-4-11-9-3-5-13-7-9/h9,11H,2-8H2,1H3. The molecule has 15 heavy (non-hydrogen) atoms. The van der Waals surface area contributed by atoms with Crippen molar-refractivity contribution in [3.63, 3.8) is 0 Å². The Morgan fingerprint density at radius 1 is 1.60 bits per heavy atom. The molecular formula is C10H19NO4. The molecule has 0 aromatic heterocycles. The summed E-state index contributed by atoms with van der Waals surface area (Å²) in [5, 5.41) is 3.29. The van der Waals surface area contributed by atoms with E-state index in [4.69, 9.17) is 14.2 Å². The number of rotatable bonds is 7. The number of ether oxygens (including phenoxy) is 3. The van der Waals surface area contributed by atoms with Gasteiger partial charge in [-0.1, -0.05) is 0 Å². The maximum absolute atomic E-state index is 10.9. The van der Waals surface area contributed by atoms with Gasteiger partial charge in [-0.05, 0) is 13.3 Å². The van der Waals surface area contributed by atoms with Crippen molar-refractivity contribution < 1.29 is 19.0 Å². The number of esters is 1. The van der Waals surface area contributed by atoms with Crippen molar-refractivity contribution >= 4 is 5.97 Å². The van der Waals surface area contributed by atoms with Gasteiger partial charge in [-0.25, -0.2) is 4.79 Å². The second-order valence-corrected chi connectivity index (χ2v) is 3.37. The highest BCUT2D eigenvalue weighted by Gasteiger charge is 2.13. The lowest BCUT2D eigenvalue weighted by Gasteiger charge is -2.10. The van der Waals surface area contributed by atoms with Crippen molar-refractivity contribution in [2.75, 3.05) is 39.6 Å². The van der Waals surface area contributed by atoms with Crippen molar-refractivity contribution in [1.29, 1.82) is 0 Å². The van der Waals surface area contributed by atoms with Crippen LogP contribution >= 0.6 is 0 Å². The summed E-state index contributed by atoms with van der Waals surface area (Å²) in [5.74, 6) is -0.304. The van der Waals surface area contributed by atoms with Gasteiger partial charge in [-0.2, -0.15) is 0 Å². The van der Waals surface area contributed by atoms with Crippen LogP contribution in [0.25, 0.3) is 0 Å². The van der Waals surface area contributed by atoms with E-state index in [9.17, 15) is 4.79 Å². The van der Waals surface area contributed by atoms with Gasteiger partial charge in [0.2, 0.25) is 0 Å². The molecule has 1 atom stereocenters. The van der Waals surface area contributed by atoms with Crippen molar-refractivity contribution in [1.82, 2.24) is 5.32 Å². The third kappa shape index (κ3) is 5.71. The second-order valence-electron chi connectivity index (χ2n) is 3.37. The first kappa shape index (κ1) is 12.4. The molecule has 0 radical (unpaired) electrons. The Labute approximate surface area is 90.1 Å². The molecule has 0 aromatic carbocycles. The predicted octanol–water partition coefficient (Wildman–Crippen LogP) is -0.0554. The fourth-order valence-corrected chi connectivity index (χ4v) is 1.39. The minimum atomic E-state index is -0.304. The summed E-state index contributed by atoms with van der Waals surface area (Å²) in [6.45, 7) is 5.10. The van der Waals surface area contributed by atoms with E-state index in [0.29, 0.717) is 19.3 Å². The van der Waals surface area contributed by atoms with Gasteiger partial charge in [0.25, 0.3) is 0 Å². The monoisotopic (exact) mass is 217 g/mol. The van der Waals surface area contributed by atoms with Gasteiger partial charge in [0.15, 0.2) is 0 Å². The topological polar surface area (TPSA) is 56.8 Å². The molecule has 0 spiro atoms. The van der Waals surface area contributed by atoms with E-state index in [1.165, 1.54) is 0 Å². The normalized spacial score (nSPS) is 20.5. The SMILES string of the molecule is CCOC(=O)COCCNC1CCOC1. The number of nitrogens with one attached hydrogen (secondary N) is 1. The minimum absolute atomic E-state index is 0.0384. The molecule has 1 aliphatic rings. The van der Waals surface area contributed by atoms with Crippen LogP contribution in [0.5, 0.6) is 0 Å². The summed E-state index contributed by atoms with van der Waals surface area (Å²) in [5.41, 5.74) is 0. The summed E-state index contributed by atoms with van der Waals surface area (Å²) >= 11 is 0. The van der Waals surface area contributed by atoms with E-state index in [1.54, 1.807) is 6.92 Å². The van der Waals surface area contributed by atoms with Gasteiger partial charge >= 0.3 is 5.97 Å². The number of hydrogen-bond donors (Lipinski definition) is 1. The van der Waals surface area contributed by atoms with E-state index < -0.39 is 0 Å². The summed E-state index contributed by atoms with van der Waals surface area (Å²) in [7, 11) is 0. The molecule has 1 saturated heterocycles. The average molecular weight is 217 g/mol. The van der Waals surface area contributed by atoms with E-state index in [0.717, 1.165) is 26.2 Å². The Bertz CT molecular complexity index is 180. The summed E-state index contributed by atoms with van der Waals surface area (Å²) in [6.07, 6.45) is 1.05. The average Bonchev–Trinajstić information content (AvgIpc) is 2.70. The Hall–Kier alpha value is -0.650.